The zero-order valence-corrected chi connectivity index (χ0v) is 13.5. The van der Waals surface area contributed by atoms with Crippen molar-refractivity contribution in [2.24, 2.45) is 4.99 Å². The number of hydrogen-bond acceptors (Lipinski definition) is 5. The number of nitrogens with one attached hydrogen (secondary N) is 1. The van der Waals surface area contributed by atoms with E-state index in [1.54, 1.807) is 19.0 Å². The molecule has 1 heterocycles. The van der Waals surface area contributed by atoms with Crippen LogP contribution in [0.1, 0.15) is 9.67 Å². The Hall–Kier alpha value is -2.04. The molecule has 0 atom stereocenters. The fraction of sp³-hybridized carbons (Fsp3) is 0.214. The molecule has 7 heteroatoms. The number of thiophene rings is 1. The highest BCUT2D eigenvalue weighted by atomic mass is 32.2. The number of fused-ring (bicyclic) bond motifs is 1. The Morgan fingerprint density at radius 1 is 1.43 bits per heavy atom. The van der Waals surface area contributed by atoms with Gasteiger partial charge >= 0.3 is 0 Å². The predicted molar refractivity (Wildman–Crippen MR) is 89.2 cm³/mol. The van der Waals surface area contributed by atoms with Gasteiger partial charge in [0.1, 0.15) is 0 Å². The van der Waals surface area contributed by atoms with E-state index >= 15 is 0 Å². The third-order valence-corrected chi connectivity index (χ3v) is 4.39. The van der Waals surface area contributed by atoms with Crippen LogP contribution in [-0.4, -0.2) is 36.3 Å². The number of carbonyl (C=O) groups is 1. The summed E-state index contributed by atoms with van der Waals surface area (Å²) < 4.78 is 1.04. The highest BCUT2D eigenvalue weighted by Crippen LogP contribution is 2.30. The molecule has 5 nitrogen and oxygen atoms in total. The molecule has 0 saturated heterocycles. The van der Waals surface area contributed by atoms with Gasteiger partial charge in [0, 0.05) is 18.8 Å². The third kappa shape index (κ3) is 3.54. The number of amidine groups is 1. The summed E-state index contributed by atoms with van der Waals surface area (Å²) in [5.41, 5.74) is 0.747. The first-order valence-corrected chi connectivity index (χ1v) is 8.12. The number of hydrogen-bond donors (Lipinski definition) is 1. The Balaban J connectivity index is 2.38. The second-order valence-corrected chi connectivity index (χ2v) is 6.27. The van der Waals surface area contributed by atoms with Gasteiger partial charge in [-0.15, -0.1) is 11.3 Å². The van der Waals surface area contributed by atoms with Crippen molar-refractivity contribution in [2.75, 3.05) is 20.4 Å². The van der Waals surface area contributed by atoms with Crippen LogP contribution in [0.5, 0.6) is 0 Å². The Bertz CT molecular complexity index is 743. The molecule has 108 valence electrons. The van der Waals surface area contributed by atoms with Crippen LogP contribution in [0.25, 0.3) is 10.1 Å². The van der Waals surface area contributed by atoms with Gasteiger partial charge in [-0.25, -0.2) is 4.99 Å². The van der Waals surface area contributed by atoms with Crippen molar-refractivity contribution in [3.8, 4) is 6.19 Å². The second kappa shape index (κ2) is 6.61. The molecule has 2 aromatic rings. The monoisotopic (exact) mass is 318 g/mol. The Morgan fingerprint density at radius 3 is 2.81 bits per heavy atom. The highest BCUT2D eigenvalue weighted by molar-refractivity contribution is 8.13. The van der Waals surface area contributed by atoms with Crippen LogP contribution in [0.15, 0.2) is 29.3 Å². The maximum Gasteiger partial charge on any atom is 0.263 e. The number of rotatable bonds is 2. The molecular formula is C14H14N4OS2. The summed E-state index contributed by atoms with van der Waals surface area (Å²) in [5, 5.41) is 12.7. The molecule has 1 aromatic heterocycles. The summed E-state index contributed by atoms with van der Waals surface area (Å²) in [4.78, 5) is 18.6. The van der Waals surface area contributed by atoms with Crippen molar-refractivity contribution >= 4 is 49.9 Å². The van der Waals surface area contributed by atoms with Gasteiger partial charge in [0.25, 0.3) is 5.91 Å². The summed E-state index contributed by atoms with van der Waals surface area (Å²) in [5.74, 6) is -0.00259. The fourth-order valence-corrected chi connectivity index (χ4v) is 3.12. The lowest BCUT2D eigenvalue weighted by atomic mass is 10.2. The SMILES string of the molecule is CSC(=Nc1ccc2sc(C(=O)N(C)C)cc2c1)NC#N. The van der Waals surface area contributed by atoms with Crippen molar-refractivity contribution in [1.29, 1.82) is 5.26 Å². The smallest absolute Gasteiger partial charge is 0.263 e. The van der Waals surface area contributed by atoms with Crippen molar-refractivity contribution < 1.29 is 4.79 Å². The Labute approximate surface area is 131 Å². The number of aliphatic imine (C=N–C) groups is 1. The summed E-state index contributed by atoms with van der Waals surface area (Å²) in [6.07, 6.45) is 3.71. The standard InChI is InChI=1S/C14H14N4OS2/c1-18(2)13(19)12-7-9-6-10(4-5-11(9)21-12)17-14(20-3)16-8-15/h4-7H,1-3H3,(H,16,17). The number of nitriles is 1. The minimum absolute atomic E-state index is 0.00259. The van der Waals surface area contributed by atoms with E-state index in [1.165, 1.54) is 23.1 Å². The highest BCUT2D eigenvalue weighted by Gasteiger charge is 2.12. The Kier molecular flexibility index (Phi) is 4.83. The van der Waals surface area contributed by atoms with E-state index in [2.05, 4.69) is 10.3 Å². The van der Waals surface area contributed by atoms with E-state index in [1.807, 2.05) is 36.7 Å². The normalized spacial score (nSPS) is 11.2. The molecule has 0 unspecified atom stereocenters. The molecule has 0 aliphatic carbocycles. The van der Waals surface area contributed by atoms with Gasteiger partial charge < -0.3 is 4.90 Å². The van der Waals surface area contributed by atoms with E-state index < -0.39 is 0 Å². The van der Waals surface area contributed by atoms with E-state index in [0.29, 0.717) is 10.0 Å². The number of thioether (sulfide) groups is 1. The van der Waals surface area contributed by atoms with Crippen LogP contribution in [0.2, 0.25) is 0 Å². The van der Waals surface area contributed by atoms with E-state index in [4.69, 9.17) is 5.26 Å². The molecule has 0 radical (unpaired) electrons. The van der Waals surface area contributed by atoms with Crippen molar-refractivity contribution in [3.63, 3.8) is 0 Å². The summed E-state index contributed by atoms with van der Waals surface area (Å²) >= 11 is 2.83. The van der Waals surface area contributed by atoms with Crippen molar-refractivity contribution in [2.45, 2.75) is 0 Å². The van der Waals surface area contributed by atoms with E-state index in [9.17, 15) is 4.79 Å². The lowest BCUT2D eigenvalue weighted by Gasteiger charge is -2.06. The summed E-state index contributed by atoms with van der Waals surface area (Å²) in [6, 6.07) is 7.60. The van der Waals surface area contributed by atoms with Gasteiger partial charge in [0.05, 0.1) is 10.6 Å². The molecule has 1 aromatic carbocycles. The molecule has 1 amide bonds. The molecule has 0 bridgehead atoms. The summed E-state index contributed by atoms with van der Waals surface area (Å²) in [7, 11) is 3.47. The van der Waals surface area contributed by atoms with Gasteiger partial charge in [-0.2, -0.15) is 5.26 Å². The molecular weight excluding hydrogens is 304 g/mol. The predicted octanol–water partition coefficient (Wildman–Crippen LogP) is 3.02. The third-order valence-electron chi connectivity index (χ3n) is 2.70. The molecule has 0 spiro atoms. The lowest BCUT2D eigenvalue weighted by Crippen LogP contribution is -2.20. The first-order chi connectivity index (χ1) is 10.0. The minimum atomic E-state index is -0.00259. The number of nitrogens with zero attached hydrogens (tertiary/aromatic N) is 3. The topological polar surface area (TPSA) is 68.5 Å². The maximum atomic E-state index is 12.0. The van der Waals surface area contributed by atoms with Gasteiger partial charge in [-0.05, 0) is 35.9 Å². The van der Waals surface area contributed by atoms with Gasteiger partial charge in [-0.1, -0.05) is 11.8 Å². The largest absolute Gasteiger partial charge is 0.344 e. The van der Waals surface area contributed by atoms with Gasteiger partial charge in [0.15, 0.2) is 11.4 Å². The molecule has 0 saturated carbocycles. The van der Waals surface area contributed by atoms with Crippen molar-refractivity contribution in [1.82, 2.24) is 10.2 Å². The molecule has 0 fully saturated rings. The lowest BCUT2D eigenvalue weighted by molar-refractivity contribution is 0.0832. The van der Waals surface area contributed by atoms with E-state index in [-0.39, 0.29) is 5.91 Å². The van der Waals surface area contributed by atoms with Crippen molar-refractivity contribution in [3.05, 3.63) is 29.1 Å². The van der Waals surface area contributed by atoms with E-state index in [0.717, 1.165) is 15.8 Å². The first-order valence-electron chi connectivity index (χ1n) is 6.08. The van der Waals surface area contributed by atoms with Crippen LogP contribution in [0.4, 0.5) is 5.69 Å². The molecule has 1 N–H and O–H groups in total. The fourth-order valence-electron chi connectivity index (χ4n) is 1.72. The quantitative estimate of drug-likeness (QED) is 0.400. The van der Waals surface area contributed by atoms with Crippen LogP contribution in [0.3, 0.4) is 0 Å². The minimum Gasteiger partial charge on any atom is -0.344 e. The van der Waals surface area contributed by atoms with Crippen LogP contribution in [0, 0.1) is 11.5 Å². The zero-order chi connectivity index (χ0) is 15.4. The molecule has 0 aliphatic rings. The number of carbonyl (C=O) groups excluding carboxylic acids is 1. The average molecular weight is 318 g/mol. The summed E-state index contributed by atoms with van der Waals surface area (Å²) in [6.45, 7) is 0. The van der Waals surface area contributed by atoms with Crippen LogP contribution in [-0.2, 0) is 0 Å². The second-order valence-electron chi connectivity index (χ2n) is 4.39. The zero-order valence-electron chi connectivity index (χ0n) is 11.9. The van der Waals surface area contributed by atoms with Gasteiger partial charge in [-0.3, -0.25) is 10.1 Å². The molecule has 2 rings (SSSR count). The molecule has 0 aliphatic heterocycles. The van der Waals surface area contributed by atoms with Crippen LogP contribution >= 0.6 is 23.1 Å². The van der Waals surface area contributed by atoms with Crippen LogP contribution < -0.4 is 5.32 Å². The number of benzene rings is 1. The first kappa shape index (κ1) is 15.4. The average Bonchev–Trinajstić information content (AvgIpc) is 2.88. The maximum absolute atomic E-state index is 12.0. The van der Waals surface area contributed by atoms with Gasteiger partial charge in [0.2, 0.25) is 0 Å². The number of amides is 1. The molecule has 21 heavy (non-hydrogen) atoms. The Morgan fingerprint density at radius 2 is 2.19 bits per heavy atom.